The lowest BCUT2D eigenvalue weighted by molar-refractivity contribution is 0.0938. The van der Waals surface area contributed by atoms with Gasteiger partial charge in [0.1, 0.15) is 5.82 Å². The number of hydrogen-bond donors (Lipinski definition) is 2. The molecule has 0 spiro atoms. The van der Waals surface area contributed by atoms with Crippen LogP contribution < -0.4 is 5.32 Å². The molecular formula is C24H23N3O. The Kier molecular flexibility index (Phi) is 5.20. The van der Waals surface area contributed by atoms with E-state index in [0.29, 0.717) is 5.56 Å². The number of hydrogen-bond acceptors (Lipinski definition) is 2. The number of carbonyl (C=O) groups excluding carboxylic acids is 1. The van der Waals surface area contributed by atoms with Gasteiger partial charge in [0.25, 0.3) is 5.91 Å². The molecule has 4 rings (SSSR count). The van der Waals surface area contributed by atoms with Gasteiger partial charge in [-0.25, -0.2) is 4.98 Å². The van der Waals surface area contributed by atoms with Gasteiger partial charge in [0.2, 0.25) is 0 Å². The van der Waals surface area contributed by atoms with Gasteiger partial charge < -0.3 is 10.3 Å². The largest absolute Gasteiger partial charge is 0.350 e. The molecule has 0 bridgehead atoms. The number of benzene rings is 3. The maximum atomic E-state index is 12.5. The lowest BCUT2D eigenvalue weighted by Crippen LogP contribution is -2.32. The van der Waals surface area contributed by atoms with Crippen molar-refractivity contribution in [1.82, 2.24) is 15.3 Å². The second kappa shape index (κ2) is 8.09. The summed E-state index contributed by atoms with van der Waals surface area (Å²) in [6, 6.07) is 26.0. The van der Waals surface area contributed by atoms with E-state index >= 15 is 0 Å². The van der Waals surface area contributed by atoms with E-state index in [1.54, 1.807) is 0 Å². The smallest absolute Gasteiger partial charge is 0.251 e. The van der Waals surface area contributed by atoms with Crippen molar-refractivity contribution < 1.29 is 4.79 Å². The van der Waals surface area contributed by atoms with Crippen LogP contribution in [0.15, 0.2) is 78.9 Å². The van der Waals surface area contributed by atoms with E-state index in [1.165, 1.54) is 5.56 Å². The molecule has 0 saturated carbocycles. The van der Waals surface area contributed by atoms with Crippen LogP contribution >= 0.6 is 0 Å². The van der Waals surface area contributed by atoms with Crippen molar-refractivity contribution in [2.75, 3.05) is 0 Å². The summed E-state index contributed by atoms with van der Waals surface area (Å²) in [6.07, 6.45) is 1.86. The summed E-state index contributed by atoms with van der Waals surface area (Å²) in [4.78, 5) is 20.4. The highest BCUT2D eigenvalue weighted by atomic mass is 16.1. The van der Waals surface area contributed by atoms with Crippen LogP contribution in [0.2, 0.25) is 0 Å². The van der Waals surface area contributed by atoms with Gasteiger partial charge in [-0.3, -0.25) is 4.79 Å². The second-order valence-corrected chi connectivity index (χ2v) is 7.08. The van der Waals surface area contributed by atoms with E-state index < -0.39 is 0 Å². The molecule has 0 aliphatic heterocycles. The molecule has 1 aromatic heterocycles. The van der Waals surface area contributed by atoms with Crippen molar-refractivity contribution in [3.05, 3.63) is 90.0 Å². The van der Waals surface area contributed by atoms with Crippen LogP contribution in [0.4, 0.5) is 0 Å². The number of aryl methyl sites for hydroxylation is 1. The van der Waals surface area contributed by atoms with Gasteiger partial charge in [-0.2, -0.15) is 0 Å². The van der Waals surface area contributed by atoms with Crippen LogP contribution in [0.3, 0.4) is 0 Å². The summed E-state index contributed by atoms with van der Waals surface area (Å²) in [7, 11) is 0. The quantitative estimate of drug-likeness (QED) is 0.503. The van der Waals surface area contributed by atoms with Gasteiger partial charge in [-0.05, 0) is 49.6 Å². The van der Waals surface area contributed by atoms with E-state index in [0.717, 1.165) is 35.3 Å². The molecule has 0 aliphatic rings. The molecular weight excluding hydrogens is 346 g/mol. The molecule has 1 amide bonds. The minimum Gasteiger partial charge on any atom is -0.350 e. The van der Waals surface area contributed by atoms with Gasteiger partial charge in [0, 0.05) is 17.2 Å². The molecule has 1 heterocycles. The Hall–Kier alpha value is -3.40. The monoisotopic (exact) mass is 369 g/mol. The van der Waals surface area contributed by atoms with E-state index in [1.807, 2.05) is 73.7 Å². The highest BCUT2D eigenvalue weighted by molar-refractivity contribution is 5.94. The van der Waals surface area contributed by atoms with Crippen molar-refractivity contribution in [3.8, 4) is 11.4 Å². The summed E-state index contributed by atoms with van der Waals surface area (Å²) in [6.45, 7) is 2.05. The summed E-state index contributed by atoms with van der Waals surface area (Å²) in [5.74, 6) is 0.765. The molecule has 28 heavy (non-hydrogen) atoms. The molecule has 4 heteroatoms. The highest BCUT2D eigenvalue weighted by Crippen LogP contribution is 2.20. The first-order valence-corrected chi connectivity index (χ1v) is 9.59. The average molecular weight is 369 g/mol. The summed E-state index contributed by atoms with van der Waals surface area (Å²) in [5, 5.41) is 3.08. The minimum atomic E-state index is -0.0447. The molecule has 140 valence electrons. The lowest BCUT2D eigenvalue weighted by atomic mass is 10.1. The van der Waals surface area contributed by atoms with Crippen molar-refractivity contribution in [2.24, 2.45) is 0 Å². The number of fused-ring (bicyclic) bond motifs is 1. The number of aromatic amines is 1. The number of rotatable bonds is 6. The third-order valence-corrected chi connectivity index (χ3v) is 4.90. The van der Waals surface area contributed by atoms with E-state index in [2.05, 4.69) is 27.4 Å². The standard InChI is InChI=1S/C24H23N3O/c1-17(11-12-18-7-3-2-4-8-18)25-24(28)20-15-13-19(14-16-20)23-26-21-9-5-6-10-22(21)27-23/h2-10,13-17H,11-12H2,1H3,(H,25,28)(H,26,27)/t17-/m1/s1. The number of carbonyl (C=O) groups is 1. The van der Waals surface area contributed by atoms with Crippen molar-refractivity contribution in [2.45, 2.75) is 25.8 Å². The van der Waals surface area contributed by atoms with Crippen LogP contribution in [-0.2, 0) is 6.42 Å². The molecule has 0 radical (unpaired) electrons. The van der Waals surface area contributed by atoms with Gasteiger partial charge in [0.15, 0.2) is 0 Å². The Morgan fingerprint density at radius 3 is 2.43 bits per heavy atom. The van der Waals surface area contributed by atoms with Crippen LogP contribution in [0.5, 0.6) is 0 Å². The third kappa shape index (κ3) is 4.12. The molecule has 0 fully saturated rings. The maximum Gasteiger partial charge on any atom is 0.251 e. The van der Waals surface area contributed by atoms with E-state index in [-0.39, 0.29) is 11.9 Å². The third-order valence-electron chi connectivity index (χ3n) is 4.90. The number of aromatic nitrogens is 2. The minimum absolute atomic E-state index is 0.0447. The number of H-pyrrole nitrogens is 1. The zero-order valence-electron chi connectivity index (χ0n) is 15.9. The van der Waals surface area contributed by atoms with Crippen molar-refractivity contribution in [3.63, 3.8) is 0 Å². The van der Waals surface area contributed by atoms with Crippen LogP contribution in [0.25, 0.3) is 22.4 Å². The Bertz CT molecular complexity index is 1030. The number of amides is 1. The predicted molar refractivity (Wildman–Crippen MR) is 113 cm³/mol. The normalized spacial score (nSPS) is 12.0. The lowest BCUT2D eigenvalue weighted by Gasteiger charge is -2.14. The van der Waals surface area contributed by atoms with Gasteiger partial charge in [0.05, 0.1) is 11.0 Å². The molecule has 4 nitrogen and oxygen atoms in total. The maximum absolute atomic E-state index is 12.5. The number of imidazole rings is 1. The van der Waals surface area contributed by atoms with Gasteiger partial charge in [-0.15, -0.1) is 0 Å². The molecule has 0 aliphatic carbocycles. The first-order valence-electron chi connectivity index (χ1n) is 9.59. The summed E-state index contributed by atoms with van der Waals surface area (Å²) in [5.41, 5.74) is 4.85. The fourth-order valence-electron chi connectivity index (χ4n) is 3.28. The molecule has 4 aromatic rings. The summed E-state index contributed by atoms with van der Waals surface area (Å²) >= 11 is 0. The predicted octanol–water partition coefficient (Wildman–Crippen LogP) is 4.98. The zero-order chi connectivity index (χ0) is 19.3. The Morgan fingerprint density at radius 1 is 0.964 bits per heavy atom. The van der Waals surface area contributed by atoms with Crippen molar-refractivity contribution in [1.29, 1.82) is 0 Å². The first kappa shape index (κ1) is 18.0. The average Bonchev–Trinajstić information content (AvgIpc) is 3.17. The van der Waals surface area contributed by atoms with E-state index in [4.69, 9.17) is 0 Å². The second-order valence-electron chi connectivity index (χ2n) is 7.08. The first-order chi connectivity index (χ1) is 13.7. The Labute approximate surface area is 164 Å². The van der Waals surface area contributed by atoms with E-state index in [9.17, 15) is 4.79 Å². The van der Waals surface area contributed by atoms with Gasteiger partial charge >= 0.3 is 0 Å². The molecule has 0 saturated heterocycles. The molecule has 2 N–H and O–H groups in total. The number of para-hydroxylation sites is 2. The molecule has 3 aromatic carbocycles. The Balaban J connectivity index is 1.38. The van der Waals surface area contributed by atoms with Crippen LogP contribution in [-0.4, -0.2) is 21.9 Å². The van der Waals surface area contributed by atoms with Crippen LogP contribution in [0, 0.1) is 0 Å². The topological polar surface area (TPSA) is 57.8 Å². The number of nitrogens with zero attached hydrogens (tertiary/aromatic N) is 1. The Morgan fingerprint density at radius 2 is 1.68 bits per heavy atom. The summed E-state index contributed by atoms with van der Waals surface area (Å²) < 4.78 is 0. The molecule has 0 unspecified atom stereocenters. The SMILES string of the molecule is C[C@H](CCc1ccccc1)NC(=O)c1ccc(-c2nc3ccccc3[nH]2)cc1. The zero-order valence-corrected chi connectivity index (χ0v) is 15.9. The fraction of sp³-hybridized carbons (Fsp3) is 0.167. The fourth-order valence-corrected chi connectivity index (χ4v) is 3.28. The van der Waals surface area contributed by atoms with Gasteiger partial charge in [-0.1, -0.05) is 54.6 Å². The van der Waals surface area contributed by atoms with Crippen molar-refractivity contribution >= 4 is 16.9 Å². The molecule has 1 atom stereocenters. The van der Waals surface area contributed by atoms with Crippen LogP contribution in [0.1, 0.15) is 29.3 Å². The highest BCUT2D eigenvalue weighted by Gasteiger charge is 2.11. The number of nitrogens with one attached hydrogen (secondary N) is 2.